The van der Waals surface area contributed by atoms with Crippen LogP contribution in [-0.2, 0) is 0 Å². The molecule has 0 heteroatoms. The maximum absolute atomic E-state index is 2.77. The SMILES string of the molecule is CC1=C(c2ccccc2)C2CC(C)C(CC3C(C)CC4C(c5ccccc5)=CC(C(C)(C)C)=CC43)C2C=C1C(C)(C)C. The highest BCUT2D eigenvalue weighted by molar-refractivity contribution is 5.77. The molecule has 0 spiro atoms. The second-order valence-corrected chi connectivity index (χ2v) is 16.4. The summed E-state index contributed by atoms with van der Waals surface area (Å²) in [6.45, 7) is 22.0. The van der Waals surface area contributed by atoms with Crippen molar-refractivity contribution in [3.05, 3.63) is 107 Å². The fourth-order valence-corrected chi connectivity index (χ4v) is 9.56. The molecular formula is C42H54. The Kier molecular flexibility index (Phi) is 7.60. The molecule has 42 heavy (non-hydrogen) atoms. The molecule has 0 amide bonds. The molecule has 0 aliphatic heterocycles. The van der Waals surface area contributed by atoms with Crippen LogP contribution in [0.2, 0.25) is 0 Å². The van der Waals surface area contributed by atoms with Crippen molar-refractivity contribution in [1.82, 2.24) is 0 Å². The lowest BCUT2D eigenvalue weighted by Crippen LogP contribution is -2.28. The molecule has 2 aromatic carbocycles. The zero-order chi connectivity index (χ0) is 30.0. The maximum Gasteiger partial charge on any atom is -0.00847 e. The number of benzene rings is 2. The highest BCUT2D eigenvalue weighted by Crippen LogP contribution is 2.60. The number of fused-ring (bicyclic) bond motifs is 2. The Labute approximate surface area is 257 Å². The van der Waals surface area contributed by atoms with Crippen LogP contribution in [0.3, 0.4) is 0 Å². The molecule has 0 radical (unpaired) electrons. The average Bonchev–Trinajstić information content (AvgIpc) is 3.42. The standard InChI is InChI=1S/C42H54/c1-26-20-35-34(29-16-12-10-13-17-29)22-31(41(4,5)6)23-36(35)32(26)24-33-27(2)21-38-37(33)25-39(42(7,8)9)28(3)40(38)30-18-14-11-15-19-30/h10-19,22-23,25-27,32-33,35-38H,20-21,24H2,1-9H3. The van der Waals surface area contributed by atoms with Crippen molar-refractivity contribution in [1.29, 1.82) is 0 Å². The topological polar surface area (TPSA) is 0 Å². The molecule has 0 heterocycles. The fourth-order valence-electron chi connectivity index (χ4n) is 9.56. The molecule has 222 valence electrons. The summed E-state index contributed by atoms with van der Waals surface area (Å²) in [5, 5.41) is 0. The Bertz CT molecular complexity index is 1410. The summed E-state index contributed by atoms with van der Waals surface area (Å²) < 4.78 is 0. The first-order valence-electron chi connectivity index (χ1n) is 16.8. The summed E-state index contributed by atoms with van der Waals surface area (Å²) in [5.74, 6) is 5.52. The van der Waals surface area contributed by atoms with E-state index in [-0.39, 0.29) is 10.8 Å². The van der Waals surface area contributed by atoms with Crippen LogP contribution in [0.5, 0.6) is 0 Å². The van der Waals surface area contributed by atoms with Crippen molar-refractivity contribution >= 4 is 11.1 Å². The summed E-state index contributed by atoms with van der Waals surface area (Å²) in [4.78, 5) is 0. The van der Waals surface area contributed by atoms with Gasteiger partial charge in [-0.05, 0) is 123 Å². The molecule has 2 fully saturated rings. The lowest BCUT2D eigenvalue weighted by Gasteiger charge is -2.39. The Morgan fingerprint density at radius 1 is 0.643 bits per heavy atom. The van der Waals surface area contributed by atoms with E-state index in [4.69, 9.17) is 0 Å². The van der Waals surface area contributed by atoms with E-state index < -0.39 is 0 Å². The average molecular weight is 559 g/mol. The van der Waals surface area contributed by atoms with Gasteiger partial charge in [-0.3, -0.25) is 0 Å². The van der Waals surface area contributed by atoms with Crippen LogP contribution in [0.25, 0.3) is 11.1 Å². The summed E-state index contributed by atoms with van der Waals surface area (Å²) in [7, 11) is 0. The number of hydrogen-bond acceptors (Lipinski definition) is 0. The summed E-state index contributed by atoms with van der Waals surface area (Å²) in [6.07, 6.45) is 12.1. The van der Waals surface area contributed by atoms with Crippen molar-refractivity contribution in [2.45, 2.75) is 81.6 Å². The molecule has 0 bridgehead atoms. The summed E-state index contributed by atoms with van der Waals surface area (Å²) in [6, 6.07) is 22.6. The number of rotatable bonds is 4. The van der Waals surface area contributed by atoms with E-state index in [2.05, 4.69) is 141 Å². The van der Waals surface area contributed by atoms with Crippen LogP contribution in [0.1, 0.15) is 92.7 Å². The Balaban J connectivity index is 1.37. The monoisotopic (exact) mass is 558 g/mol. The molecule has 4 aliphatic rings. The number of hydrogen-bond donors (Lipinski definition) is 0. The van der Waals surface area contributed by atoms with Gasteiger partial charge in [0.1, 0.15) is 0 Å². The number of allylic oxidation sites excluding steroid dienone is 8. The molecular weight excluding hydrogens is 504 g/mol. The largest absolute Gasteiger partial charge is 0.0768 e. The van der Waals surface area contributed by atoms with Gasteiger partial charge in [0.15, 0.2) is 0 Å². The minimum Gasteiger partial charge on any atom is -0.0768 e. The van der Waals surface area contributed by atoms with Gasteiger partial charge in [0.05, 0.1) is 0 Å². The minimum absolute atomic E-state index is 0.153. The van der Waals surface area contributed by atoms with Crippen molar-refractivity contribution in [2.24, 2.45) is 58.2 Å². The van der Waals surface area contributed by atoms with E-state index in [1.165, 1.54) is 36.0 Å². The van der Waals surface area contributed by atoms with Gasteiger partial charge in [-0.15, -0.1) is 0 Å². The van der Waals surface area contributed by atoms with E-state index >= 15 is 0 Å². The normalized spacial score (nSPS) is 33.1. The quantitative estimate of drug-likeness (QED) is 0.350. The maximum atomic E-state index is 2.77. The Hall–Kier alpha value is -2.60. The summed E-state index contributed by atoms with van der Waals surface area (Å²) >= 11 is 0. The zero-order valence-electron chi connectivity index (χ0n) is 27.7. The van der Waals surface area contributed by atoms with E-state index in [1.807, 2.05) is 0 Å². The molecule has 2 saturated carbocycles. The highest BCUT2D eigenvalue weighted by atomic mass is 14.5. The molecule has 0 aromatic heterocycles. The van der Waals surface area contributed by atoms with Gasteiger partial charge in [0.25, 0.3) is 0 Å². The minimum atomic E-state index is 0.153. The van der Waals surface area contributed by atoms with Gasteiger partial charge in [-0.2, -0.15) is 0 Å². The fraction of sp³-hybridized carbons (Fsp3) is 0.524. The molecule has 2 aromatic rings. The first-order chi connectivity index (χ1) is 19.8. The molecule has 8 unspecified atom stereocenters. The van der Waals surface area contributed by atoms with Crippen molar-refractivity contribution in [3.63, 3.8) is 0 Å². The second kappa shape index (κ2) is 10.8. The van der Waals surface area contributed by atoms with Crippen LogP contribution < -0.4 is 0 Å². The van der Waals surface area contributed by atoms with Crippen LogP contribution in [0.4, 0.5) is 0 Å². The van der Waals surface area contributed by atoms with Gasteiger partial charge in [-0.25, -0.2) is 0 Å². The van der Waals surface area contributed by atoms with Gasteiger partial charge in [-0.1, -0.05) is 134 Å². The molecule has 0 N–H and O–H groups in total. The van der Waals surface area contributed by atoms with Crippen LogP contribution in [-0.4, -0.2) is 0 Å². The third kappa shape index (κ3) is 5.22. The van der Waals surface area contributed by atoms with Crippen LogP contribution >= 0.6 is 0 Å². The summed E-state index contributed by atoms with van der Waals surface area (Å²) in [5.41, 5.74) is 11.1. The van der Waals surface area contributed by atoms with E-state index in [9.17, 15) is 0 Å². The third-order valence-electron chi connectivity index (χ3n) is 11.7. The predicted octanol–water partition coefficient (Wildman–Crippen LogP) is 11.7. The van der Waals surface area contributed by atoms with Gasteiger partial charge >= 0.3 is 0 Å². The van der Waals surface area contributed by atoms with Gasteiger partial charge < -0.3 is 0 Å². The van der Waals surface area contributed by atoms with Crippen molar-refractivity contribution in [2.75, 3.05) is 0 Å². The van der Waals surface area contributed by atoms with Crippen molar-refractivity contribution < 1.29 is 0 Å². The highest BCUT2D eigenvalue weighted by Gasteiger charge is 2.50. The lowest BCUT2D eigenvalue weighted by atomic mass is 9.66. The van der Waals surface area contributed by atoms with Crippen LogP contribution in [0.15, 0.2) is 95.6 Å². The Morgan fingerprint density at radius 2 is 1.17 bits per heavy atom. The van der Waals surface area contributed by atoms with E-state index in [0.717, 1.165) is 23.7 Å². The van der Waals surface area contributed by atoms with E-state index in [1.54, 1.807) is 22.3 Å². The lowest BCUT2D eigenvalue weighted by molar-refractivity contribution is 0.223. The smallest absolute Gasteiger partial charge is 0.00847 e. The molecule has 0 saturated heterocycles. The first kappa shape index (κ1) is 29.5. The second-order valence-electron chi connectivity index (χ2n) is 16.4. The first-order valence-corrected chi connectivity index (χ1v) is 16.8. The van der Waals surface area contributed by atoms with Gasteiger partial charge in [0, 0.05) is 0 Å². The van der Waals surface area contributed by atoms with Crippen molar-refractivity contribution in [3.8, 4) is 0 Å². The Morgan fingerprint density at radius 3 is 1.71 bits per heavy atom. The molecule has 4 aliphatic carbocycles. The molecule has 8 atom stereocenters. The molecule has 6 rings (SSSR count). The van der Waals surface area contributed by atoms with Crippen LogP contribution in [0, 0.1) is 58.2 Å². The van der Waals surface area contributed by atoms with Gasteiger partial charge in [0.2, 0.25) is 0 Å². The third-order valence-corrected chi connectivity index (χ3v) is 11.7. The molecule has 0 nitrogen and oxygen atoms in total. The van der Waals surface area contributed by atoms with E-state index in [0.29, 0.717) is 23.7 Å². The predicted molar refractivity (Wildman–Crippen MR) is 182 cm³/mol. The zero-order valence-corrected chi connectivity index (χ0v) is 27.7.